The van der Waals surface area contributed by atoms with E-state index < -0.39 is 0 Å². The Balaban J connectivity index is 1.99. The van der Waals surface area contributed by atoms with Gasteiger partial charge in [-0.15, -0.1) is 5.10 Å². The fourth-order valence-corrected chi connectivity index (χ4v) is 1.58. The molecule has 1 aromatic heterocycles. The average molecular weight is 312 g/mol. The van der Waals surface area contributed by atoms with E-state index >= 15 is 0 Å². The minimum absolute atomic E-state index is 0.558. The van der Waals surface area contributed by atoms with Crippen LogP contribution in [0.4, 0.5) is 0 Å². The molecule has 3 nitrogen and oxygen atoms in total. The molecule has 0 aliphatic carbocycles. The lowest BCUT2D eigenvalue weighted by molar-refractivity contribution is 0.304. The molecule has 0 N–H and O–H groups in total. The monoisotopic (exact) mass is 312 g/mol. The van der Waals surface area contributed by atoms with Crippen LogP contribution in [0.15, 0.2) is 42.6 Å². The molecule has 0 saturated carbocycles. The molecule has 0 atom stereocenters. The van der Waals surface area contributed by atoms with Crippen molar-refractivity contribution in [1.29, 1.82) is 0 Å². The molecule has 2 rings (SSSR count). The van der Waals surface area contributed by atoms with Crippen molar-refractivity contribution in [2.24, 2.45) is 0 Å². The normalized spacial score (nSPS) is 9.93. The summed E-state index contributed by atoms with van der Waals surface area (Å²) < 4.78 is 6.40. The molecule has 76 valence electrons. The average Bonchev–Trinajstić information content (AvgIpc) is 2.28. The summed E-state index contributed by atoms with van der Waals surface area (Å²) in [4.78, 5) is 0. The molecule has 1 heterocycles. The highest BCUT2D eigenvalue weighted by Crippen LogP contribution is 2.12. The standard InChI is InChI=1S/C11H9IN2O/c12-11-6-10(7-13-14-11)15-8-9-4-2-1-3-5-9/h1-7H,8H2. The second-order valence-electron chi connectivity index (χ2n) is 2.99. The number of rotatable bonds is 3. The number of aromatic nitrogens is 2. The topological polar surface area (TPSA) is 35.0 Å². The van der Waals surface area contributed by atoms with E-state index in [0.717, 1.165) is 15.0 Å². The molecule has 0 fully saturated rings. The zero-order valence-electron chi connectivity index (χ0n) is 7.93. The number of hydrogen-bond donors (Lipinski definition) is 0. The van der Waals surface area contributed by atoms with E-state index in [1.54, 1.807) is 6.20 Å². The van der Waals surface area contributed by atoms with Crippen molar-refractivity contribution >= 4 is 22.6 Å². The predicted octanol–water partition coefficient (Wildman–Crippen LogP) is 2.66. The van der Waals surface area contributed by atoms with Crippen LogP contribution in [0, 0.1) is 3.70 Å². The van der Waals surface area contributed by atoms with Crippen molar-refractivity contribution in [3.63, 3.8) is 0 Å². The maximum absolute atomic E-state index is 5.57. The number of ether oxygens (including phenoxy) is 1. The molecule has 2 aromatic rings. The maximum atomic E-state index is 5.57. The number of nitrogens with zero attached hydrogens (tertiary/aromatic N) is 2. The molecular weight excluding hydrogens is 303 g/mol. The first-order valence-corrected chi connectivity index (χ1v) is 5.57. The molecule has 1 aromatic carbocycles. The van der Waals surface area contributed by atoms with Crippen molar-refractivity contribution in [1.82, 2.24) is 10.2 Å². The molecule has 0 aliphatic rings. The highest BCUT2D eigenvalue weighted by Gasteiger charge is 1.97. The second kappa shape index (κ2) is 5.06. The van der Waals surface area contributed by atoms with Crippen molar-refractivity contribution in [2.45, 2.75) is 6.61 Å². The van der Waals surface area contributed by atoms with Crippen LogP contribution in [-0.4, -0.2) is 10.2 Å². The lowest BCUT2D eigenvalue weighted by Gasteiger charge is -2.04. The molecule has 0 unspecified atom stereocenters. The van der Waals surface area contributed by atoms with E-state index in [1.165, 1.54) is 0 Å². The van der Waals surface area contributed by atoms with Gasteiger partial charge in [-0.1, -0.05) is 30.3 Å². The van der Waals surface area contributed by atoms with Gasteiger partial charge in [-0.05, 0) is 28.2 Å². The van der Waals surface area contributed by atoms with E-state index in [4.69, 9.17) is 4.74 Å². The third-order valence-electron chi connectivity index (χ3n) is 1.85. The van der Waals surface area contributed by atoms with Crippen molar-refractivity contribution in [2.75, 3.05) is 0 Å². The van der Waals surface area contributed by atoms with Crippen LogP contribution in [0.5, 0.6) is 5.75 Å². The summed E-state index contributed by atoms with van der Waals surface area (Å²) >= 11 is 2.11. The fraction of sp³-hybridized carbons (Fsp3) is 0.0909. The Kier molecular flexibility index (Phi) is 3.49. The van der Waals surface area contributed by atoms with Gasteiger partial charge in [-0.3, -0.25) is 0 Å². The minimum atomic E-state index is 0.558. The van der Waals surface area contributed by atoms with E-state index in [2.05, 4.69) is 32.8 Å². The molecule has 0 aliphatic heterocycles. The number of benzene rings is 1. The summed E-state index contributed by atoms with van der Waals surface area (Å²) in [6.07, 6.45) is 1.62. The van der Waals surface area contributed by atoms with Gasteiger partial charge >= 0.3 is 0 Å². The summed E-state index contributed by atoms with van der Waals surface area (Å²) in [5.41, 5.74) is 1.14. The third-order valence-corrected chi connectivity index (χ3v) is 2.38. The Morgan fingerprint density at radius 2 is 2.00 bits per heavy atom. The smallest absolute Gasteiger partial charge is 0.142 e. The number of hydrogen-bond acceptors (Lipinski definition) is 3. The van der Waals surface area contributed by atoms with Gasteiger partial charge in [0.25, 0.3) is 0 Å². The lowest BCUT2D eigenvalue weighted by Crippen LogP contribution is -1.96. The van der Waals surface area contributed by atoms with E-state index in [0.29, 0.717) is 6.61 Å². The van der Waals surface area contributed by atoms with Crippen LogP contribution < -0.4 is 4.74 Å². The molecule has 4 heteroatoms. The van der Waals surface area contributed by atoms with Gasteiger partial charge in [0.15, 0.2) is 0 Å². The Hall–Kier alpha value is -1.17. The van der Waals surface area contributed by atoms with Gasteiger partial charge < -0.3 is 4.74 Å². The zero-order valence-corrected chi connectivity index (χ0v) is 10.1. The highest BCUT2D eigenvalue weighted by atomic mass is 127. The predicted molar refractivity (Wildman–Crippen MR) is 65.5 cm³/mol. The van der Waals surface area contributed by atoms with Gasteiger partial charge in [0, 0.05) is 6.07 Å². The second-order valence-corrected chi connectivity index (χ2v) is 4.09. The molecule has 0 amide bonds. The SMILES string of the molecule is Ic1cc(OCc2ccccc2)cnn1. The molecule has 0 spiro atoms. The fourth-order valence-electron chi connectivity index (χ4n) is 1.14. The molecule has 15 heavy (non-hydrogen) atoms. The lowest BCUT2D eigenvalue weighted by atomic mass is 10.2. The summed E-state index contributed by atoms with van der Waals surface area (Å²) in [6, 6.07) is 11.9. The minimum Gasteiger partial charge on any atom is -0.487 e. The highest BCUT2D eigenvalue weighted by molar-refractivity contribution is 14.1. The quantitative estimate of drug-likeness (QED) is 0.817. The summed E-state index contributed by atoms with van der Waals surface area (Å²) in [5, 5.41) is 7.67. The Morgan fingerprint density at radius 1 is 1.20 bits per heavy atom. The largest absolute Gasteiger partial charge is 0.487 e. The van der Waals surface area contributed by atoms with Gasteiger partial charge in [-0.25, -0.2) is 0 Å². The van der Waals surface area contributed by atoms with Crippen molar-refractivity contribution in [3.05, 3.63) is 51.9 Å². The van der Waals surface area contributed by atoms with Crippen molar-refractivity contribution in [3.8, 4) is 5.75 Å². The van der Waals surface area contributed by atoms with E-state index in [-0.39, 0.29) is 0 Å². The van der Waals surface area contributed by atoms with Gasteiger partial charge in [0.2, 0.25) is 0 Å². The van der Waals surface area contributed by atoms with Crippen LogP contribution in [0.25, 0.3) is 0 Å². The third kappa shape index (κ3) is 3.16. The van der Waals surface area contributed by atoms with Crippen molar-refractivity contribution < 1.29 is 4.74 Å². The first kappa shape index (κ1) is 10.4. The molecule has 0 bridgehead atoms. The van der Waals surface area contributed by atoms with Gasteiger partial charge in [0.1, 0.15) is 16.1 Å². The molecule has 0 radical (unpaired) electrons. The molecule has 0 saturated heterocycles. The maximum Gasteiger partial charge on any atom is 0.142 e. The Bertz CT molecular complexity index is 434. The van der Waals surface area contributed by atoms with Crippen LogP contribution in [0.2, 0.25) is 0 Å². The number of halogens is 1. The van der Waals surface area contributed by atoms with Crippen LogP contribution in [0.1, 0.15) is 5.56 Å². The summed E-state index contributed by atoms with van der Waals surface area (Å²) in [5.74, 6) is 0.748. The first-order valence-electron chi connectivity index (χ1n) is 4.49. The van der Waals surface area contributed by atoms with Crippen LogP contribution in [-0.2, 0) is 6.61 Å². The summed E-state index contributed by atoms with van der Waals surface area (Å²) in [6.45, 7) is 0.558. The first-order chi connectivity index (χ1) is 7.34. The van der Waals surface area contributed by atoms with Gasteiger partial charge in [-0.2, -0.15) is 5.10 Å². The van der Waals surface area contributed by atoms with Crippen LogP contribution in [0.3, 0.4) is 0 Å². The summed E-state index contributed by atoms with van der Waals surface area (Å²) in [7, 11) is 0. The zero-order chi connectivity index (χ0) is 10.5. The van der Waals surface area contributed by atoms with E-state index in [1.807, 2.05) is 36.4 Å². The Morgan fingerprint density at radius 3 is 2.73 bits per heavy atom. The Labute approximate surface area is 102 Å². The van der Waals surface area contributed by atoms with Gasteiger partial charge in [0.05, 0.1) is 6.20 Å². The van der Waals surface area contributed by atoms with E-state index in [9.17, 15) is 0 Å². The van der Waals surface area contributed by atoms with Crippen LogP contribution >= 0.6 is 22.6 Å². The molecular formula is C11H9IN2O.